The van der Waals surface area contributed by atoms with Gasteiger partial charge in [-0.15, -0.1) is 11.8 Å². The second-order valence-electron chi connectivity index (χ2n) is 7.49. The van der Waals surface area contributed by atoms with Gasteiger partial charge in [0.15, 0.2) is 5.72 Å². The highest BCUT2D eigenvalue weighted by atomic mass is 32.2. The molecule has 7 nitrogen and oxygen atoms in total. The van der Waals surface area contributed by atoms with E-state index in [1.54, 1.807) is 56.7 Å². The minimum absolute atomic E-state index is 0.0375. The van der Waals surface area contributed by atoms with Crippen molar-refractivity contribution >= 4 is 17.7 Å². The second kappa shape index (κ2) is 8.77. The number of aliphatic hydroxyl groups is 1. The second-order valence-corrected chi connectivity index (χ2v) is 8.45. The number of hydrogen-bond donors (Lipinski definition) is 1. The molecule has 0 spiro atoms. The molecule has 2 atom stereocenters. The Kier molecular flexibility index (Phi) is 6.04. The smallest absolute Gasteiger partial charge is 0.231 e. The number of thioether (sulfide) groups is 1. The van der Waals surface area contributed by atoms with E-state index in [0.717, 1.165) is 0 Å². The highest BCUT2D eigenvalue weighted by molar-refractivity contribution is 8.03. The lowest BCUT2D eigenvalue weighted by Crippen LogP contribution is -2.48. The summed E-state index contributed by atoms with van der Waals surface area (Å²) >= 11 is 1.31. The maximum absolute atomic E-state index is 13.3. The number of carbonyl (C=O) groups excluding carboxylic acids is 1. The van der Waals surface area contributed by atoms with Crippen LogP contribution in [0.5, 0.6) is 17.2 Å². The van der Waals surface area contributed by atoms with E-state index in [0.29, 0.717) is 45.6 Å². The molecular formula is C24H24N2O5S. The highest BCUT2D eigenvalue weighted by Crippen LogP contribution is 2.52. The molecule has 2 aromatic carbocycles. The lowest BCUT2D eigenvalue weighted by atomic mass is 9.84. The van der Waals surface area contributed by atoms with Gasteiger partial charge in [0.2, 0.25) is 5.91 Å². The number of nitrogens with zero attached hydrogens (tertiary/aromatic N) is 2. The standard InChI is InChI=1S/C24H24N2O5S/c1-4-31-16-7-5-15(6-8-16)24(28)14-32-23-20(13-25)18(12-22(27)26(23)24)19-11-17(29-2)9-10-21(19)30-3/h5-11,18,28H,4,12,14H2,1-3H3/t18-,24-/m1/s1. The van der Waals surface area contributed by atoms with E-state index >= 15 is 0 Å². The van der Waals surface area contributed by atoms with Gasteiger partial charge in [0.05, 0.1) is 43.3 Å². The molecule has 0 bridgehead atoms. The van der Waals surface area contributed by atoms with Crippen molar-refractivity contribution in [3.05, 3.63) is 64.2 Å². The monoisotopic (exact) mass is 452 g/mol. The molecule has 2 aromatic rings. The minimum Gasteiger partial charge on any atom is -0.497 e. The summed E-state index contributed by atoms with van der Waals surface area (Å²) in [5.41, 5.74) is 0.184. The average molecular weight is 453 g/mol. The summed E-state index contributed by atoms with van der Waals surface area (Å²) in [6, 6.07) is 14.7. The number of fused-ring (bicyclic) bond motifs is 1. The number of rotatable bonds is 6. The van der Waals surface area contributed by atoms with Gasteiger partial charge in [-0.1, -0.05) is 12.1 Å². The molecule has 0 aromatic heterocycles. The number of nitriles is 1. The molecule has 0 unspecified atom stereocenters. The summed E-state index contributed by atoms with van der Waals surface area (Å²) in [6.07, 6.45) is 0.0375. The number of ether oxygens (including phenoxy) is 3. The molecule has 2 aliphatic heterocycles. The number of amides is 1. The van der Waals surface area contributed by atoms with E-state index in [4.69, 9.17) is 14.2 Å². The van der Waals surface area contributed by atoms with E-state index in [-0.39, 0.29) is 18.1 Å². The fraction of sp³-hybridized carbons (Fsp3) is 0.333. The lowest BCUT2D eigenvalue weighted by molar-refractivity contribution is -0.149. The van der Waals surface area contributed by atoms with Gasteiger partial charge >= 0.3 is 0 Å². The Morgan fingerprint density at radius 1 is 1.19 bits per heavy atom. The number of allylic oxidation sites excluding steroid dienone is 1. The number of methoxy groups -OCH3 is 2. The van der Waals surface area contributed by atoms with Crippen molar-refractivity contribution in [2.24, 2.45) is 0 Å². The highest BCUT2D eigenvalue weighted by Gasteiger charge is 2.52. The fourth-order valence-corrected chi connectivity index (χ4v) is 5.56. The Balaban J connectivity index is 1.77. The predicted molar refractivity (Wildman–Crippen MR) is 120 cm³/mol. The minimum atomic E-state index is -1.53. The molecule has 0 aliphatic carbocycles. The van der Waals surface area contributed by atoms with Crippen molar-refractivity contribution in [3.63, 3.8) is 0 Å². The maximum Gasteiger partial charge on any atom is 0.231 e. The molecule has 166 valence electrons. The molecule has 2 heterocycles. The van der Waals surface area contributed by atoms with Crippen LogP contribution < -0.4 is 14.2 Å². The third-order valence-electron chi connectivity index (χ3n) is 5.75. The molecule has 1 N–H and O–H groups in total. The molecule has 4 rings (SSSR count). The quantitative estimate of drug-likeness (QED) is 0.714. The van der Waals surface area contributed by atoms with Gasteiger partial charge in [0.1, 0.15) is 17.2 Å². The molecule has 1 amide bonds. The van der Waals surface area contributed by atoms with Crippen LogP contribution >= 0.6 is 11.8 Å². The normalized spacial score (nSPS) is 22.4. The SMILES string of the molecule is CCOc1ccc([C@]2(O)CSC3=C(C#N)[C@@H](c4cc(OC)ccc4OC)CC(=O)N32)cc1. The van der Waals surface area contributed by atoms with Gasteiger partial charge in [-0.05, 0) is 37.3 Å². The van der Waals surface area contributed by atoms with Crippen molar-refractivity contribution < 1.29 is 24.1 Å². The van der Waals surface area contributed by atoms with E-state index in [1.165, 1.54) is 16.7 Å². The predicted octanol–water partition coefficient (Wildman–Crippen LogP) is 3.75. The van der Waals surface area contributed by atoms with Crippen LogP contribution in [0.2, 0.25) is 0 Å². The Hall–Kier alpha value is -3.15. The van der Waals surface area contributed by atoms with E-state index in [2.05, 4.69) is 6.07 Å². The van der Waals surface area contributed by atoms with Gasteiger partial charge in [0.25, 0.3) is 0 Å². The molecule has 32 heavy (non-hydrogen) atoms. The van der Waals surface area contributed by atoms with Crippen molar-refractivity contribution in [2.75, 3.05) is 26.6 Å². The molecule has 1 saturated heterocycles. The maximum atomic E-state index is 13.3. The Labute approximate surface area is 191 Å². The zero-order valence-corrected chi connectivity index (χ0v) is 18.9. The summed E-state index contributed by atoms with van der Waals surface area (Å²) in [7, 11) is 3.11. The van der Waals surface area contributed by atoms with Crippen LogP contribution in [-0.2, 0) is 10.5 Å². The summed E-state index contributed by atoms with van der Waals surface area (Å²) in [5.74, 6) is 1.37. The summed E-state index contributed by atoms with van der Waals surface area (Å²) in [4.78, 5) is 14.7. The van der Waals surface area contributed by atoms with Crippen LogP contribution in [0.15, 0.2) is 53.1 Å². The fourth-order valence-electron chi connectivity index (χ4n) is 4.20. The summed E-state index contributed by atoms with van der Waals surface area (Å²) < 4.78 is 16.3. The van der Waals surface area contributed by atoms with Crippen LogP contribution in [0, 0.1) is 11.3 Å². The summed E-state index contributed by atoms with van der Waals surface area (Å²) in [5, 5.41) is 22.1. The summed E-state index contributed by atoms with van der Waals surface area (Å²) in [6.45, 7) is 2.44. The van der Waals surface area contributed by atoms with Crippen molar-refractivity contribution in [1.29, 1.82) is 5.26 Å². The average Bonchev–Trinajstić information content (AvgIpc) is 3.18. The first-order valence-electron chi connectivity index (χ1n) is 10.2. The molecule has 0 radical (unpaired) electrons. The van der Waals surface area contributed by atoms with Gasteiger partial charge in [-0.2, -0.15) is 5.26 Å². The van der Waals surface area contributed by atoms with Gasteiger partial charge in [-0.3, -0.25) is 9.69 Å². The first-order chi connectivity index (χ1) is 15.5. The molecule has 8 heteroatoms. The van der Waals surface area contributed by atoms with Crippen LogP contribution in [-0.4, -0.2) is 42.5 Å². The topological polar surface area (TPSA) is 92.0 Å². The Bertz CT molecular complexity index is 1110. The van der Waals surface area contributed by atoms with E-state index in [9.17, 15) is 15.2 Å². The number of carbonyl (C=O) groups is 1. The van der Waals surface area contributed by atoms with Crippen molar-refractivity contribution in [3.8, 4) is 23.3 Å². The first kappa shape index (κ1) is 22.1. The molecular weight excluding hydrogens is 428 g/mol. The lowest BCUT2D eigenvalue weighted by Gasteiger charge is -2.38. The zero-order chi connectivity index (χ0) is 22.9. The van der Waals surface area contributed by atoms with E-state index < -0.39 is 11.6 Å². The van der Waals surface area contributed by atoms with Crippen LogP contribution in [0.25, 0.3) is 0 Å². The van der Waals surface area contributed by atoms with Crippen molar-refractivity contribution in [1.82, 2.24) is 4.90 Å². The van der Waals surface area contributed by atoms with Gasteiger partial charge < -0.3 is 19.3 Å². The molecule has 2 aliphatic rings. The van der Waals surface area contributed by atoms with Gasteiger partial charge in [0, 0.05) is 23.5 Å². The Morgan fingerprint density at radius 3 is 2.53 bits per heavy atom. The third-order valence-corrected chi connectivity index (χ3v) is 6.97. The van der Waals surface area contributed by atoms with Crippen LogP contribution in [0.1, 0.15) is 30.4 Å². The van der Waals surface area contributed by atoms with Crippen LogP contribution in [0.3, 0.4) is 0 Å². The third kappa shape index (κ3) is 3.57. The largest absolute Gasteiger partial charge is 0.497 e. The number of benzene rings is 2. The van der Waals surface area contributed by atoms with E-state index in [1.807, 2.05) is 6.92 Å². The van der Waals surface area contributed by atoms with Gasteiger partial charge in [-0.25, -0.2) is 0 Å². The Morgan fingerprint density at radius 2 is 1.91 bits per heavy atom. The molecule has 0 saturated carbocycles. The first-order valence-corrected chi connectivity index (χ1v) is 11.2. The van der Waals surface area contributed by atoms with Crippen LogP contribution in [0.4, 0.5) is 0 Å². The number of hydrogen-bond acceptors (Lipinski definition) is 7. The van der Waals surface area contributed by atoms with Crippen molar-refractivity contribution in [2.45, 2.75) is 25.0 Å². The zero-order valence-electron chi connectivity index (χ0n) is 18.1. The molecule has 1 fully saturated rings.